The number of ether oxygens (including phenoxy) is 1. The molecule has 2 aromatic rings. The van der Waals surface area contributed by atoms with Crippen LogP contribution in [0.1, 0.15) is 25.8 Å². The first-order valence-corrected chi connectivity index (χ1v) is 11.0. The van der Waals surface area contributed by atoms with Crippen molar-refractivity contribution in [2.24, 2.45) is 5.92 Å². The Hall–Kier alpha value is -2.73. The number of nitrogens with one attached hydrogen (secondary N) is 1. The second-order valence-electron chi connectivity index (χ2n) is 8.29. The van der Waals surface area contributed by atoms with E-state index in [0.29, 0.717) is 41.9 Å². The van der Waals surface area contributed by atoms with Crippen LogP contribution >= 0.6 is 11.6 Å². The lowest BCUT2D eigenvalue weighted by atomic mass is 10.1. The summed E-state index contributed by atoms with van der Waals surface area (Å²) >= 11 is 6.50. The second-order valence-corrected chi connectivity index (χ2v) is 8.69. The van der Waals surface area contributed by atoms with Crippen LogP contribution in [0.25, 0.3) is 0 Å². The SMILES string of the molecule is Cc1cccc(OCC(=O)Nc2ccc(N3CCN(C(=O)CC(C)C)CC3)c(Cl)c2)c1. The standard InChI is InChI=1S/C24H30ClN3O3/c1-17(2)13-24(30)28-11-9-27(10-12-28)22-8-7-19(15-21(22)25)26-23(29)16-31-20-6-4-5-18(3)14-20/h4-8,14-15,17H,9-13,16H2,1-3H3,(H,26,29). The predicted octanol–water partition coefficient (Wildman–Crippen LogP) is 4.36. The molecule has 0 aromatic heterocycles. The van der Waals surface area contributed by atoms with Gasteiger partial charge >= 0.3 is 0 Å². The largest absolute Gasteiger partial charge is 0.484 e. The summed E-state index contributed by atoms with van der Waals surface area (Å²) in [7, 11) is 0. The van der Waals surface area contributed by atoms with Crippen molar-refractivity contribution in [2.45, 2.75) is 27.2 Å². The van der Waals surface area contributed by atoms with Crippen LogP contribution in [0, 0.1) is 12.8 Å². The fraction of sp³-hybridized carbons (Fsp3) is 0.417. The fourth-order valence-electron chi connectivity index (χ4n) is 3.57. The highest BCUT2D eigenvalue weighted by molar-refractivity contribution is 6.33. The molecule has 0 atom stereocenters. The van der Waals surface area contributed by atoms with Gasteiger partial charge in [-0.1, -0.05) is 37.6 Å². The molecule has 1 aliphatic heterocycles. The van der Waals surface area contributed by atoms with E-state index in [9.17, 15) is 9.59 Å². The lowest BCUT2D eigenvalue weighted by molar-refractivity contribution is -0.132. The second kappa shape index (κ2) is 10.5. The summed E-state index contributed by atoms with van der Waals surface area (Å²) in [5.41, 5.74) is 2.61. The van der Waals surface area contributed by atoms with Crippen molar-refractivity contribution >= 4 is 34.8 Å². The van der Waals surface area contributed by atoms with E-state index in [1.807, 2.05) is 48.2 Å². The number of hydrogen-bond donors (Lipinski definition) is 1. The number of benzene rings is 2. The number of anilines is 2. The Labute approximate surface area is 189 Å². The van der Waals surface area contributed by atoms with E-state index in [1.165, 1.54) is 0 Å². The summed E-state index contributed by atoms with van der Waals surface area (Å²) in [6.45, 7) is 8.87. The molecular formula is C24H30ClN3O3. The number of piperazine rings is 1. The Morgan fingerprint density at radius 3 is 2.48 bits per heavy atom. The van der Waals surface area contributed by atoms with Crippen LogP contribution in [0.2, 0.25) is 5.02 Å². The molecule has 0 aliphatic carbocycles. The molecule has 2 amide bonds. The molecule has 0 unspecified atom stereocenters. The molecule has 31 heavy (non-hydrogen) atoms. The third kappa shape index (κ3) is 6.62. The molecule has 7 heteroatoms. The molecule has 3 rings (SSSR count). The molecule has 1 aliphatic rings. The number of carbonyl (C=O) groups excluding carboxylic acids is 2. The van der Waals surface area contributed by atoms with Crippen molar-refractivity contribution in [3.05, 3.63) is 53.1 Å². The Morgan fingerprint density at radius 1 is 1.10 bits per heavy atom. The Kier molecular flexibility index (Phi) is 7.80. The Balaban J connectivity index is 1.52. The van der Waals surface area contributed by atoms with E-state index in [4.69, 9.17) is 16.3 Å². The van der Waals surface area contributed by atoms with E-state index >= 15 is 0 Å². The van der Waals surface area contributed by atoms with Crippen LogP contribution in [0.5, 0.6) is 5.75 Å². The quantitative estimate of drug-likeness (QED) is 0.690. The van der Waals surface area contributed by atoms with Gasteiger partial charge in [-0.25, -0.2) is 0 Å². The maximum Gasteiger partial charge on any atom is 0.262 e. The smallest absolute Gasteiger partial charge is 0.262 e. The maximum atomic E-state index is 12.3. The summed E-state index contributed by atoms with van der Waals surface area (Å²) < 4.78 is 5.54. The molecule has 1 N–H and O–H groups in total. The van der Waals surface area contributed by atoms with Crippen LogP contribution in [0.3, 0.4) is 0 Å². The zero-order valence-corrected chi connectivity index (χ0v) is 19.1. The molecule has 6 nitrogen and oxygen atoms in total. The first-order chi connectivity index (χ1) is 14.8. The molecule has 0 spiro atoms. The lowest BCUT2D eigenvalue weighted by Gasteiger charge is -2.36. The average molecular weight is 444 g/mol. The highest BCUT2D eigenvalue weighted by atomic mass is 35.5. The van der Waals surface area contributed by atoms with Gasteiger partial charge in [0, 0.05) is 38.3 Å². The summed E-state index contributed by atoms with van der Waals surface area (Å²) in [4.78, 5) is 28.6. The van der Waals surface area contributed by atoms with E-state index in [0.717, 1.165) is 24.3 Å². The van der Waals surface area contributed by atoms with Crippen LogP contribution < -0.4 is 15.0 Å². The molecule has 2 aromatic carbocycles. The Morgan fingerprint density at radius 2 is 1.84 bits per heavy atom. The number of rotatable bonds is 7. The first kappa shape index (κ1) is 22.9. The number of hydrogen-bond acceptors (Lipinski definition) is 4. The molecule has 0 radical (unpaired) electrons. The van der Waals surface area contributed by atoms with Gasteiger partial charge in [-0.2, -0.15) is 0 Å². The van der Waals surface area contributed by atoms with Crippen molar-refractivity contribution < 1.29 is 14.3 Å². The number of nitrogens with zero attached hydrogens (tertiary/aromatic N) is 2. The van der Waals surface area contributed by atoms with Gasteiger partial charge in [-0.15, -0.1) is 0 Å². The molecule has 1 heterocycles. The van der Waals surface area contributed by atoms with Crippen molar-refractivity contribution in [1.29, 1.82) is 0 Å². The molecule has 0 bridgehead atoms. The van der Waals surface area contributed by atoms with Gasteiger partial charge in [0.1, 0.15) is 5.75 Å². The monoisotopic (exact) mass is 443 g/mol. The topological polar surface area (TPSA) is 61.9 Å². The van der Waals surface area contributed by atoms with Gasteiger partial charge in [-0.3, -0.25) is 9.59 Å². The summed E-state index contributed by atoms with van der Waals surface area (Å²) in [5.74, 6) is 0.994. The molecular weight excluding hydrogens is 414 g/mol. The third-order valence-electron chi connectivity index (χ3n) is 5.15. The van der Waals surface area contributed by atoms with Crippen LogP contribution in [0.15, 0.2) is 42.5 Å². The molecule has 0 saturated carbocycles. The highest BCUT2D eigenvalue weighted by Crippen LogP contribution is 2.30. The van der Waals surface area contributed by atoms with Gasteiger partial charge in [0.15, 0.2) is 6.61 Å². The fourth-order valence-corrected chi connectivity index (χ4v) is 3.87. The van der Waals surface area contributed by atoms with Crippen LogP contribution in [0.4, 0.5) is 11.4 Å². The van der Waals surface area contributed by atoms with Gasteiger partial charge in [-0.05, 0) is 48.7 Å². The zero-order chi connectivity index (χ0) is 22.4. The van der Waals surface area contributed by atoms with Gasteiger partial charge in [0.05, 0.1) is 10.7 Å². The first-order valence-electron chi connectivity index (χ1n) is 10.6. The van der Waals surface area contributed by atoms with Crippen molar-refractivity contribution in [2.75, 3.05) is 43.0 Å². The average Bonchev–Trinajstić information content (AvgIpc) is 2.72. The highest BCUT2D eigenvalue weighted by Gasteiger charge is 2.23. The van der Waals surface area contributed by atoms with Gasteiger partial charge in [0.2, 0.25) is 5.91 Å². The van der Waals surface area contributed by atoms with E-state index in [2.05, 4.69) is 24.1 Å². The number of carbonyl (C=O) groups is 2. The summed E-state index contributed by atoms with van der Waals surface area (Å²) in [6, 6.07) is 13.1. The van der Waals surface area contributed by atoms with Crippen molar-refractivity contribution in [1.82, 2.24) is 4.90 Å². The number of amides is 2. The minimum Gasteiger partial charge on any atom is -0.484 e. The summed E-state index contributed by atoms with van der Waals surface area (Å²) in [6.07, 6.45) is 0.586. The van der Waals surface area contributed by atoms with E-state index in [-0.39, 0.29) is 18.4 Å². The summed E-state index contributed by atoms with van der Waals surface area (Å²) in [5, 5.41) is 3.39. The minimum atomic E-state index is -0.248. The van der Waals surface area contributed by atoms with Crippen molar-refractivity contribution in [3.63, 3.8) is 0 Å². The number of halogens is 1. The predicted molar refractivity (Wildman–Crippen MR) is 125 cm³/mol. The van der Waals surface area contributed by atoms with Gasteiger partial charge in [0.25, 0.3) is 5.91 Å². The van der Waals surface area contributed by atoms with Crippen LogP contribution in [-0.4, -0.2) is 49.5 Å². The maximum absolute atomic E-state index is 12.3. The van der Waals surface area contributed by atoms with E-state index < -0.39 is 0 Å². The zero-order valence-electron chi connectivity index (χ0n) is 18.4. The van der Waals surface area contributed by atoms with Crippen molar-refractivity contribution in [3.8, 4) is 5.75 Å². The molecule has 1 fully saturated rings. The molecule has 166 valence electrons. The normalized spacial score (nSPS) is 14.0. The van der Waals surface area contributed by atoms with E-state index in [1.54, 1.807) is 6.07 Å². The number of aryl methyl sites for hydroxylation is 1. The lowest BCUT2D eigenvalue weighted by Crippen LogP contribution is -2.49. The third-order valence-corrected chi connectivity index (χ3v) is 5.45. The minimum absolute atomic E-state index is 0.0742. The Bertz CT molecular complexity index is 924. The molecule has 1 saturated heterocycles. The van der Waals surface area contributed by atoms with Gasteiger partial charge < -0.3 is 19.9 Å². The van der Waals surface area contributed by atoms with Crippen LogP contribution in [-0.2, 0) is 9.59 Å².